The van der Waals surface area contributed by atoms with E-state index in [9.17, 15) is 4.79 Å². The topological polar surface area (TPSA) is 41.1 Å². The molecule has 102 valence electrons. The van der Waals surface area contributed by atoms with Crippen molar-refractivity contribution < 1.29 is 4.79 Å². The van der Waals surface area contributed by atoms with Gasteiger partial charge in [-0.1, -0.05) is 25.4 Å². The number of amides is 1. The number of carbonyl (C=O) groups excluding carboxylic acids is 1. The van der Waals surface area contributed by atoms with Gasteiger partial charge in [0.2, 0.25) is 5.91 Å². The van der Waals surface area contributed by atoms with Gasteiger partial charge in [-0.2, -0.15) is 0 Å². The largest absolute Gasteiger partial charge is 0.358 e. The van der Waals surface area contributed by atoms with E-state index in [1.54, 1.807) is 7.05 Å². The number of likely N-dealkylation sites (N-methyl/N-ethyl adjacent to an activating group) is 1. The fourth-order valence-electron chi connectivity index (χ4n) is 1.84. The van der Waals surface area contributed by atoms with Gasteiger partial charge in [0.15, 0.2) is 0 Å². The Balaban J connectivity index is 2.67. The molecule has 2 atom stereocenters. The maximum atomic E-state index is 11.8. The average molecular weight is 289 g/mol. The van der Waals surface area contributed by atoms with Crippen LogP contribution in [0.1, 0.15) is 38.8 Å². The Bertz CT molecular complexity index is 392. The van der Waals surface area contributed by atoms with Crippen molar-refractivity contribution in [1.82, 2.24) is 10.6 Å². The summed E-state index contributed by atoms with van der Waals surface area (Å²) in [5.41, 5.74) is 1.13. The number of hydrogen-bond donors (Lipinski definition) is 2. The predicted molar refractivity (Wildman–Crippen MR) is 78.2 cm³/mol. The molecule has 0 spiro atoms. The molecule has 1 aromatic rings. The lowest BCUT2D eigenvalue weighted by Gasteiger charge is -2.23. The van der Waals surface area contributed by atoms with E-state index in [2.05, 4.69) is 31.4 Å². The second-order valence-electron chi connectivity index (χ2n) is 4.87. The second-order valence-corrected chi connectivity index (χ2v) is 6.41. The smallest absolute Gasteiger partial charge is 0.236 e. The highest BCUT2D eigenvalue weighted by Crippen LogP contribution is 2.25. The molecule has 2 unspecified atom stereocenters. The molecule has 0 bridgehead atoms. The third-order valence-electron chi connectivity index (χ3n) is 2.81. The van der Waals surface area contributed by atoms with Crippen LogP contribution in [0.25, 0.3) is 0 Å². The Labute approximate surface area is 118 Å². The van der Waals surface area contributed by atoms with Gasteiger partial charge in [-0.15, -0.1) is 11.3 Å². The van der Waals surface area contributed by atoms with Crippen LogP contribution in [0.3, 0.4) is 0 Å². The molecule has 0 aromatic carbocycles. The first-order valence-electron chi connectivity index (χ1n) is 6.15. The molecule has 0 aliphatic carbocycles. The highest BCUT2D eigenvalue weighted by atomic mass is 35.5. The summed E-state index contributed by atoms with van der Waals surface area (Å²) in [4.78, 5) is 11.8. The van der Waals surface area contributed by atoms with Crippen molar-refractivity contribution in [1.29, 1.82) is 0 Å². The first kappa shape index (κ1) is 15.5. The van der Waals surface area contributed by atoms with Gasteiger partial charge >= 0.3 is 0 Å². The average Bonchev–Trinajstić information content (AvgIpc) is 2.73. The summed E-state index contributed by atoms with van der Waals surface area (Å²) >= 11 is 7.44. The van der Waals surface area contributed by atoms with E-state index in [0.717, 1.165) is 16.3 Å². The Morgan fingerprint density at radius 1 is 1.44 bits per heavy atom. The maximum Gasteiger partial charge on any atom is 0.236 e. The molecular weight excluding hydrogens is 268 g/mol. The lowest BCUT2D eigenvalue weighted by Crippen LogP contribution is -2.44. The zero-order valence-electron chi connectivity index (χ0n) is 11.3. The van der Waals surface area contributed by atoms with Crippen LogP contribution in [0.15, 0.2) is 11.4 Å². The summed E-state index contributed by atoms with van der Waals surface area (Å²) in [5, 5.41) is 8.10. The van der Waals surface area contributed by atoms with E-state index < -0.39 is 0 Å². The normalized spacial score (nSPS) is 14.6. The second kappa shape index (κ2) is 7.12. The molecule has 2 N–H and O–H groups in total. The van der Waals surface area contributed by atoms with Crippen LogP contribution in [0.5, 0.6) is 0 Å². The molecule has 0 radical (unpaired) electrons. The molecule has 1 heterocycles. The molecule has 1 aromatic heterocycles. The zero-order chi connectivity index (χ0) is 13.7. The molecule has 1 amide bonds. The summed E-state index contributed by atoms with van der Waals surface area (Å²) in [6.45, 7) is 6.28. The SMILES string of the molecule is CNC(=O)C(CC(C)C)NC(C)c1csc(Cl)c1. The maximum absolute atomic E-state index is 11.8. The Morgan fingerprint density at radius 2 is 2.11 bits per heavy atom. The summed E-state index contributed by atoms with van der Waals surface area (Å²) in [7, 11) is 1.67. The van der Waals surface area contributed by atoms with Crippen LogP contribution >= 0.6 is 22.9 Å². The molecular formula is C13H21ClN2OS. The lowest BCUT2D eigenvalue weighted by molar-refractivity contribution is -0.123. The van der Waals surface area contributed by atoms with Crippen LogP contribution in [-0.4, -0.2) is 19.0 Å². The summed E-state index contributed by atoms with van der Waals surface area (Å²) in [6.07, 6.45) is 0.821. The van der Waals surface area contributed by atoms with Gasteiger partial charge < -0.3 is 5.32 Å². The van der Waals surface area contributed by atoms with E-state index >= 15 is 0 Å². The fraction of sp³-hybridized carbons (Fsp3) is 0.615. The highest BCUT2D eigenvalue weighted by molar-refractivity contribution is 7.14. The zero-order valence-corrected chi connectivity index (χ0v) is 12.9. The number of rotatable bonds is 6. The van der Waals surface area contributed by atoms with Gasteiger partial charge in [-0.05, 0) is 36.3 Å². The molecule has 5 heteroatoms. The number of halogens is 1. The van der Waals surface area contributed by atoms with Crippen molar-refractivity contribution in [3.05, 3.63) is 21.3 Å². The first-order valence-corrected chi connectivity index (χ1v) is 7.41. The van der Waals surface area contributed by atoms with Crippen LogP contribution in [0.2, 0.25) is 4.34 Å². The molecule has 0 aliphatic heterocycles. The van der Waals surface area contributed by atoms with Gasteiger partial charge in [-0.3, -0.25) is 10.1 Å². The van der Waals surface area contributed by atoms with Crippen LogP contribution in [0.4, 0.5) is 0 Å². The minimum absolute atomic E-state index is 0.0388. The molecule has 0 saturated heterocycles. The molecule has 3 nitrogen and oxygen atoms in total. The van der Waals surface area contributed by atoms with E-state index in [1.807, 2.05) is 11.4 Å². The van der Waals surface area contributed by atoms with Crippen molar-refractivity contribution in [2.24, 2.45) is 5.92 Å². The Kier molecular flexibility index (Phi) is 6.12. The van der Waals surface area contributed by atoms with Crippen molar-refractivity contribution in [2.75, 3.05) is 7.05 Å². The molecule has 0 saturated carbocycles. The van der Waals surface area contributed by atoms with Crippen LogP contribution < -0.4 is 10.6 Å². The third-order valence-corrected chi connectivity index (χ3v) is 3.92. The third kappa shape index (κ3) is 4.59. The van der Waals surface area contributed by atoms with Gasteiger partial charge in [0.25, 0.3) is 0 Å². The lowest BCUT2D eigenvalue weighted by atomic mass is 10.0. The molecule has 1 rings (SSSR count). The quantitative estimate of drug-likeness (QED) is 0.844. The highest BCUT2D eigenvalue weighted by Gasteiger charge is 2.21. The van der Waals surface area contributed by atoms with Crippen molar-refractivity contribution in [3.8, 4) is 0 Å². The van der Waals surface area contributed by atoms with Crippen molar-refractivity contribution >= 4 is 28.8 Å². The Morgan fingerprint density at radius 3 is 2.56 bits per heavy atom. The van der Waals surface area contributed by atoms with Crippen molar-refractivity contribution in [3.63, 3.8) is 0 Å². The Hall–Kier alpha value is -0.580. The van der Waals surface area contributed by atoms with E-state index in [4.69, 9.17) is 11.6 Å². The number of nitrogens with one attached hydrogen (secondary N) is 2. The van der Waals surface area contributed by atoms with Gasteiger partial charge in [-0.25, -0.2) is 0 Å². The monoisotopic (exact) mass is 288 g/mol. The number of carbonyl (C=O) groups is 1. The minimum atomic E-state index is -0.163. The van der Waals surface area contributed by atoms with Crippen LogP contribution in [-0.2, 0) is 4.79 Å². The van der Waals surface area contributed by atoms with E-state index in [-0.39, 0.29) is 18.0 Å². The summed E-state index contributed by atoms with van der Waals surface area (Å²) in [6, 6.07) is 1.90. The molecule has 18 heavy (non-hydrogen) atoms. The number of hydrogen-bond acceptors (Lipinski definition) is 3. The summed E-state index contributed by atoms with van der Waals surface area (Å²) < 4.78 is 0.777. The fourth-order valence-corrected chi connectivity index (χ4v) is 2.83. The predicted octanol–water partition coefficient (Wildman–Crippen LogP) is 3.21. The minimum Gasteiger partial charge on any atom is -0.358 e. The van der Waals surface area contributed by atoms with Gasteiger partial charge in [0, 0.05) is 13.1 Å². The summed E-state index contributed by atoms with van der Waals surface area (Å²) in [5.74, 6) is 0.509. The number of thiophene rings is 1. The molecule has 0 fully saturated rings. The van der Waals surface area contributed by atoms with Crippen molar-refractivity contribution in [2.45, 2.75) is 39.3 Å². The molecule has 0 aliphatic rings. The van der Waals surface area contributed by atoms with Crippen LogP contribution in [0, 0.1) is 5.92 Å². The van der Waals surface area contributed by atoms with E-state index in [1.165, 1.54) is 11.3 Å². The van der Waals surface area contributed by atoms with Gasteiger partial charge in [0.1, 0.15) is 0 Å². The van der Waals surface area contributed by atoms with Gasteiger partial charge in [0.05, 0.1) is 10.4 Å². The first-order chi connectivity index (χ1) is 8.43. The van der Waals surface area contributed by atoms with E-state index in [0.29, 0.717) is 5.92 Å². The standard InChI is InChI=1S/C13H21ClN2OS/c1-8(2)5-11(13(17)15-4)16-9(3)10-6-12(14)18-7-10/h6-9,11,16H,5H2,1-4H3,(H,15,17).